The first-order valence-corrected chi connectivity index (χ1v) is 5.58. The summed E-state index contributed by atoms with van der Waals surface area (Å²) in [5.74, 6) is -2.50. The molecule has 1 atom stereocenters. The van der Waals surface area contributed by atoms with Gasteiger partial charge in [0.1, 0.15) is 5.92 Å². The molecule has 92 valence electrons. The van der Waals surface area contributed by atoms with Gasteiger partial charge in [0.25, 0.3) is 0 Å². The number of rotatable bonds is 4. The van der Waals surface area contributed by atoms with Crippen molar-refractivity contribution in [2.45, 2.75) is 20.8 Å². The quantitative estimate of drug-likeness (QED) is 0.813. The number of aliphatic carboxylic acids is 1. The fourth-order valence-corrected chi connectivity index (χ4v) is 1.60. The maximum Gasteiger partial charge on any atom is 0.315 e. The zero-order valence-corrected chi connectivity index (χ0v) is 10.3. The van der Waals surface area contributed by atoms with Crippen LogP contribution in [0.15, 0.2) is 24.3 Å². The van der Waals surface area contributed by atoms with E-state index in [1.54, 1.807) is 0 Å². The van der Waals surface area contributed by atoms with Crippen LogP contribution in [0.5, 0.6) is 0 Å². The van der Waals surface area contributed by atoms with E-state index >= 15 is 0 Å². The molecule has 0 fully saturated rings. The van der Waals surface area contributed by atoms with Gasteiger partial charge >= 0.3 is 5.97 Å². The van der Waals surface area contributed by atoms with Crippen LogP contribution < -0.4 is 4.90 Å². The molecular weight excluding hydrogens is 218 g/mol. The number of aryl methyl sites for hydroxylation is 1. The van der Waals surface area contributed by atoms with Crippen LogP contribution in [0.1, 0.15) is 19.4 Å². The predicted molar refractivity (Wildman–Crippen MR) is 66.0 cm³/mol. The number of carboxylic acids is 1. The highest BCUT2D eigenvalue weighted by molar-refractivity contribution is 6.05. The third-order valence-electron chi connectivity index (χ3n) is 2.64. The van der Waals surface area contributed by atoms with Crippen molar-refractivity contribution in [3.8, 4) is 0 Å². The number of anilines is 1. The largest absolute Gasteiger partial charge is 0.481 e. The van der Waals surface area contributed by atoms with Gasteiger partial charge in [-0.05, 0) is 38.5 Å². The summed E-state index contributed by atoms with van der Waals surface area (Å²) in [5.41, 5.74) is 1.78. The van der Waals surface area contributed by atoms with Crippen LogP contribution in [0, 0.1) is 12.8 Å². The molecule has 0 aliphatic rings. The number of hydrogen-bond donors (Lipinski definition) is 1. The lowest BCUT2D eigenvalue weighted by Gasteiger charge is -2.23. The van der Waals surface area contributed by atoms with E-state index in [0.29, 0.717) is 6.54 Å². The van der Waals surface area contributed by atoms with E-state index < -0.39 is 11.9 Å². The summed E-state index contributed by atoms with van der Waals surface area (Å²) < 4.78 is 0. The van der Waals surface area contributed by atoms with Crippen molar-refractivity contribution in [1.29, 1.82) is 0 Å². The minimum atomic E-state index is -1.10. The molecule has 17 heavy (non-hydrogen) atoms. The highest BCUT2D eigenvalue weighted by atomic mass is 16.4. The Balaban J connectivity index is 3.00. The van der Waals surface area contributed by atoms with Gasteiger partial charge in [0.05, 0.1) is 0 Å². The highest BCUT2D eigenvalue weighted by Crippen LogP contribution is 2.18. The van der Waals surface area contributed by atoms with Gasteiger partial charge in [-0.2, -0.15) is 0 Å². The Kier molecular flexibility index (Phi) is 4.26. The Labute approximate surface area is 101 Å². The van der Waals surface area contributed by atoms with Gasteiger partial charge in [-0.3, -0.25) is 9.59 Å². The smallest absolute Gasteiger partial charge is 0.315 e. The van der Waals surface area contributed by atoms with Crippen molar-refractivity contribution in [2.75, 3.05) is 11.4 Å². The molecule has 1 aromatic rings. The molecule has 1 amide bonds. The molecule has 1 unspecified atom stereocenters. The Hall–Kier alpha value is -1.84. The van der Waals surface area contributed by atoms with Crippen molar-refractivity contribution in [2.24, 2.45) is 5.92 Å². The van der Waals surface area contributed by atoms with Crippen LogP contribution in [-0.2, 0) is 9.59 Å². The van der Waals surface area contributed by atoms with Gasteiger partial charge in [-0.1, -0.05) is 12.1 Å². The molecule has 0 saturated heterocycles. The molecule has 0 heterocycles. The summed E-state index contributed by atoms with van der Waals surface area (Å²) in [5, 5.41) is 8.85. The molecule has 0 spiro atoms. The maximum absolute atomic E-state index is 12.0. The molecule has 0 radical (unpaired) electrons. The van der Waals surface area contributed by atoms with Crippen molar-refractivity contribution < 1.29 is 14.7 Å². The molecule has 0 saturated carbocycles. The molecule has 4 heteroatoms. The first-order chi connectivity index (χ1) is 7.97. The first-order valence-electron chi connectivity index (χ1n) is 5.58. The summed E-state index contributed by atoms with van der Waals surface area (Å²) in [7, 11) is 0. The van der Waals surface area contributed by atoms with Gasteiger partial charge in [-0.15, -0.1) is 0 Å². The van der Waals surface area contributed by atoms with Crippen molar-refractivity contribution >= 4 is 17.6 Å². The van der Waals surface area contributed by atoms with Crippen LogP contribution in [0.4, 0.5) is 5.69 Å². The second-order valence-electron chi connectivity index (χ2n) is 3.98. The zero-order chi connectivity index (χ0) is 13.0. The van der Waals surface area contributed by atoms with Crippen molar-refractivity contribution in [3.63, 3.8) is 0 Å². The highest BCUT2D eigenvalue weighted by Gasteiger charge is 2.26. The van der Waals surface area contributed by atoms with E-state index in [2.05, 4.69) is 0 Å². The molecule has 1 N–H and O–H groups in total. The average molecular weight is 235 g/mol. The summed E-state index contributed by atoms with van der Waals surface area (Å²) in [4.78, 5) is 24.3. The predicted octanol–water partition coefficient (Wildman–Crippen LogP) is 2.07. The van der Waals surface area contributed by atoms with Gasteiger partial charge < -0.3 is 10.0 Å². The lowest BCUT2D eigenvalue weighted by atomic mass is 10.1. The van der Waals surface area contributed by atoms with Gasteiger partial charge in [-0.25, -0.2) is 0 Å². The molecule has 0 aliphatic heterocycles. The molecule has 1 rings (SSSR count). The van der Waals surface area contributed by atoms with Gasteiger partial charge in [0, 0.05) is 12.2 Å². The van der Waals surface area contributed by atoms with E-state index in [1.807, 2.05) is 38.1 Å². The number of nitrogens with zero attached hydrogens (tertiary/aromatic N) is 1. The third-order valence-corrected chi connectivity index (χ3v) is 2.64. The Bertz CT molecular complexity index is 428. The minimum absolute atomic E-state index is 0.384. The molecule has 0 aliphatic carbocycles. The van der Waals surface area contributed by atoms with Crippen LogP contribution in [0.3, 0.4) is 0 Å². The second kappa shape index (κ2) is 5.48. The molecule has 4 nitrogen and oxygen atoms in total. The maximum atomic E-state index is 12.0. The number of amides is 1. The lowest BCUT2D eigenvalue weighted by Crippen LogP contribution is -2.38. The molecule has 0 aromatic heterocycles. The average Bonchev–Trinajstić information content (AvgIpc) is 2.28. The third kappa shape index (κ3) is 3.06. The number of benzene rings is 1. The number of carboxylic acid groups (broad SMARTS) is 1. The van der Waals surface area contributed by atoms with Gasteiger partial charge in [0.15, 0.2) is 0 Å². The van der Waals surface area contributed by atoms with Crippen LogP contribution in [-0.4, -0.2) is 23.5 Å². The van der Waals surface area contributed by atoms with E-state index in [4.69, 9.17) is 5.11 Å². The van der Waals surface area contributed by atoms with Crippen LogP contribution in [0.2, 0.25) is 0 Å². The summed E-state index contributed by atoms with van der Waals surface area (Å²) >= 11 is 0. The topological polar surface area (TPSA) is 57.6 Å². The normalized spacial score (nSPS) is 11.9. The Morgan fingerprint density at radius 2 is 2.06 bits per heavy atom. The molecule has 1 aromatic carbocycles. The van der Waals surface area contributed by atoms with Crippen molar-refractivity contribution in [1.82, 2.24) is 0 Å². The summed E-state index contributed by atoms with van der Waals surface area (Å²) in [6.45, 7) is 5.63. The second-order valence-corrected chi connectivity index (χ2v) is 3.98. The van der Waals surface area contributed by atoms with Crippen LogP contribution >= 0.6 is 0 Å². The molecular formula is C13H17NO3. The lowest BCUT2D eigenvalue weighted by molar-refractivity contribution is -0.145. The SMILES string of the molecule is CCN(C(=O)C(C)C(=O)O)c1cccc(C)c1. The zero-order valence-electron chi connectivity index (χ0n) is 10.3. The van der Waals surface area contributed by atoms with E-state index in [1.165, 1.54) is 11.8 Å². The minimum Gasteiger partial charge on any atom is -0.481 e. The van der Waals surface area contributed by atoms with Crippen molar-refractivity contribution in [3.05, 3.63) is 29.8 Å². The number of carbonyl (C=O) groups excluding carboxylic acids is 1. The van der Waals surface area contributed by atoms with Gasteiger partial charge in [0.2, 0.25) is 5.91 Å². The van der Waals surface area contributed by atoms with E-state index in [-0.39, 0.29) is 5.91 Å². The standard InChI is InChI=1S/C13H17NO3/c1-4-14(12(15)10(3)13(16)17)11-7-5-6-9(2)8-11/h5-8,10H,4H2,1-3H3,(H,16,17). The monoisotopic (exact) mass is 235 g/mol. The van der Waals surface area contributed by atoms with Crippen LogP contribution in [0.25, 0.3) is 0 Å². The summed E-state index contributed by atoms with van der Waals surface area (Å²) in [6.07, 6.45) is 0. The fourth-order valence-electron chi connectivity index (χ4n) is 1.60. The van der Waals surface area contributed by atoms with E-state index in [0.717, 1.165) is 11.3 Å². The Morgan fingerprint density at radius 1 is 1.41 bits per heavy atom. The number of hydrogen-bond acceptors (Lipinski definition) is 2. The van der Waals surface area contributed by atoms with E-state index in [9.17, 15) is 9.59 Å². The molecule has 0 bridgehead atoms. The Morgan fingerprint density at radius 3 is 2.53 bits per heavy atom. The summed E-state index contributed by atoms with van der Waals surface area (Å²) in [6, 6.07) is 7.47. The first kappa shape index (κ1) is 13.2. The fraction of sp³-hybridized carbons (Fsp3) is 0.385. The number of carbonyl (C=O) groups is 2.